The molecule has 28 heavy (non-hydrogen) atoms. The predicted octanol–water partition coefficient (Wildman–Crippen LogP) is 0.254. The van der Waals surface area contributed by atoms with Gasteiger partial charge in [-0.2, -0.15) is 17.7 Å². The average molecular weight is 488 g/mol. The van der Waals surface area contributed by atoms with Gasteiger partial charge in [0.1, 0.15) is 0 Å². The molecule has 5 rings (SSSR count). The summed E-state index contributed by atoms with van der Waals surface area (Å²) >= 11 is 1.69. The van der Waals surface area contributed by atoms with E-state index in [-0.39, 0.29) is 24.8 Å². The van der Waals surface area contributed by atoms with Crippen molar-refractivity contribution in [2.75, 3.05) is 0 Å². The second-order valence-electron chi connectivity index (χ2n) is 7.55. The van der Waals surface area contributed by atoms with Crippen LogP contribution >= 0.6 is 0 Å². The molecule has 3 heteroatoms. The van der Waals surface area contributed by atoms with Crippen LogP contribution in [0.3, 0.4) is 0 Å². The van der Waals surface area contributed by atoms with Crippen molar-refractivity contribution < 1.29 is 49.0 Å². The molecule has 0 spiro atoms. The fraction of sp³-hybridized carbons (Fsp3) is 0.320. The van der Waals surface area contributed by atoms with Crippen LogP contribution in [0.4, 0.5) is 0 Å². The third-order valence-electron chi connectivity index (χ3n) is 5.61. The summed E-state index contributed by atoms with van der Waals surface area (Å²) in [5.74, 6) is 0.411. The Labute approximate surface area is 196 Å². The van der Waals surface area contributed by atoms with Gasteiger partial charge in [0, 0.05) is 0 Å². The molecule has 3 aliphatic rings. The first-order valence-corrected chi connectivity index (χ1v) is 11.0. The van der Waals surface area contributed by atoms with Crippen molar-refractivity contribution in [1.29, 1.82) is 0 Å². The zero-order chi connectivity index (χ0) is 17.9. The minimum absolute atomic E-state index is 0. The first-order valence-electron chi connectivity index (χ1n) is 9.77. The number of halogens is 2. The number of hydrogen-bond donors (Lipinski definition) is 0. The van der Waals surface area contributed by atoms with Crippen LogP contribution in [0, 0.1) is 13.0 Å². The van der Waals surface area contributed by atoms with Gasteiger partial charge in [-0.25, -0.2) is 0 Å². The Morgan fingerprint density at radius 2 is 1.61 bits per heavy atom. The second-order valence-corrected chi connectivity index (χ2v) is 9.29. The zero-order valence-corrected chi connectivity index (χ0v) is 20.2. The molecule has 0 nitrogen and oxygen atoms in total. The van der Waals surface area contributed by atoms with E-state index in [1.807, 2.05) is 0 Å². The van der Waals surface area contributed by atoms with Crippen molar-refractivity contribution in [3.05, 3.63) is 83.0 Å². The van der Waals surface area contributed by atoms with Crippen LogP contribution in [-0.4, -0.2) is 3.21 Å². The number of fused-ring (bicyclic) bond motifs is 3. The summed E-state index contributed by atoms with van der Waals surface area (Å²) in [5, 5.41) is 0. The van der Waals surface area contributed by atoms with Gasteiger partial charge in [-0.3, -0.25) is 0 Å². The van der Waals surface area contributed by atoms with E-state index in [0.29, 0.717) is 5.92 Å². The Kier molecular flexibility index (Phi) is 9.13. The fourth-order valence-corrected chi connectivity index (χ4v) is 5.04. The summed E-state index contributed by atoms with van der Waals surface area (Å²) in [6.07, 6.45) is 17.1. The SMILES string of the molecule is Cc1cc2c([c-]c1C1C=CC=C1)Cc1ccccc1-2.[Cl-].[Cl-].[Zr+2]=[C]1CCCCC1. The molecule has 0 unspecified atom stereocenters. The van der Waals surface area contributed by atoms with Gasteiger partial charge in [0.05, 0.1) is 0 Å². The number of hydrogen-bond acceptors (Lipinski definition) is 0. The molecule has 0 aromatic heterocycles. The molecule has 3 aliphatic carbocycles. The normalized spacial score (nSPS) is 16.5. The minimum atomic E-state index is 0. The molecule has 0 saturated heterocycles. The summed E-state index contributed by atoms with van der Waals surface area (Å²) < 4.78 is 1.80. The average Bonchev–Trinajstić information content (AvgIpc) is 3.30. The van der Waals surface area contributed by atoms with Crippen molar-refractivity contribution in [1.82, 2.24) is 0 Å². The number of allylic oxidation sites excluding steroid dienone is 4. The Bertz CT molecular complexity index is 875. The molecular formula is C25H25Cl2Zr-. The molecule has 2 aromatic rings. The second kappa shape index (κ2) is 10.9. The van der Waals surface area contributed by atoms with Gasteiger partial charge in [-0.05, 0) is 12.3 Å². The maximum absolute atomic E-state index is 3.68. The van der Waals surface area contributed by atoms with Gasteiger partial charge in [0.25, 0.3) is 0 Å². The molecule has 0 amide bonds. The van der Waals surface area contributed by atoms with E-state index in [1.54, 1.807) is 27.4 Å². The van der Waals surface area contributed by atoms with E-state index >= 15 is 0 Å². The molecule has 1 fully saturated rings. The Hall–Kier alpha value is -0.747. The van der Waals surface area contributed by atoms with E-state index in [9.17, 15) is 0 Å². The first-order chi connectivity index (χ1) is 12.7. The topological polar surface area (TPSA) is 0 Å². The van der Waals surface area contributed by atoms with Crippen molar-refractivity contribution >= 4 is 3.21 Å². The van der Waals surface area contributed by atoms with Gasteiger partial charge in [-0.1, -0.05) is 66.6 Å². The molecule has 0 heterocycles. The molecule has 0 bridgehead atoms. The van der Waals surface area contributed by atoms with Crippen LogP contribution in [0.5, 0.6) is 0 Å². The standard InChI is InChI=1S/C19H15.C6H10.2ClH.Zr/c1-13-10-19-16(11-15-8-4-5-9-17(15)19)12-18(13)14-6-2-3-7-14;1-2-4-6-5-3-1;;;/h2-10,14H,11H2,1H3;1-5H2;2*1H;/q-1;;;;+2/p-2. The molecule has 2 aromatic carbocycles. The van der Waals surface area contributed by atoms with Crippen molar-refractivity contribution in [2.45, 2.75) is 51.4 Å². The first kappa shape index (κ1) is 23.5. The van der Waals surface area contributed by atoms with Crippen LogP contribution in [0.1, 0.15) is 60.3 Å². The molecule has 144 valence electrons. The van der Waals surface area contributed by atoms with Gasteiger partial charge in [0.2, 0.25) is 0 Å². The predicted molar refractivity (Wildman–Crippen MR) is 107 cm³/mol. The summed E-state index contributed by atoms with van der Waals surface area (Å²) in [6, 6.07) is 14.7. The van der Waals surface area contributed by atoms with Crippen molar-refractivity contribution in [3.8, 4) is 11.1 Å². The van der Waals surface area contributed by atoms with Crippen LogP contribution in [-0.2, 0) is 30.7 Å². The van der Waals surface area contributed by atoms with E-state index in [0.717, 1.165) is 6.42 Å². The summed E-state index contributed by atoms with van der Waals surface area (Å²) in [6.45, 7) is 2.20. The molecule has 0 N–H and O–H groups in total. The molecule has 0 radical (unpaired) electrons. The van der Waals surface area contributed by atoms with Crippen LogP contribution in [0.25, 0.3) is 11.1 Å². The van der Waals surface area contributed by atoms with Gasteiger partial charge >= 0.3 is 59.5 Å². The fourth-order valence-electron chi connectivity index (χ4n) is 4.17. The van der Waals surface area contributed by atoms with Gasteiger partial charge in [-0.15, -0.1) is 16.7 Å². The molecule has 0 aliphatic heterocycles. The van der Waals surface area contributed by atoms with E-state index < -0.39 is 0 Å². The monoisotopic (exact) mass is 485 g/mol. The number of aryl methyl sites for hydroxylation is 1. The summed E-state index contributed by atoms with van der Waals surface area (Å²) in [4.78, 5) is 0. The van der Waals surface area contributed by atoms with E-state index in [4.69, 9.17) is 0 Å². The third kappa shape index (κ3) is 5.24. The van der Waals surface area contributed by atoms with Gasteiger partial charge in [0.15, 0.2) is 0 Å². The molecule has 0 atom stereocenters. The zero-order valence-electron chi connectivity index (χ0n) is 16.3. The number of benzene rings is 2. The van der Waals surface area contributed by atoms with Crippen LogP contribution < -0.4 is 24.8 Å². The Balaban J connectivity index is 0.000000269. The Morgan fingerprint density at radius 3 is 2.25 bits per heavy atom. The number of rotatable bonds is 1. The maximum atomic E-state index is 3.68. The third-order valence-corrected chi connectivity index (χ3v) is 6.84. The Morgan fingerprint density at radius 1 is 0.929 bits per heavy atom. The van der Waals surface area contributed by atoms with Crippen molar-refractivity contribution in [3.63, 3.8) is 0 Å². The van der Waals surface area contributed by atoms with Crippen LogP contribution in [0.2, 0.25) is 0 Å². The summed E-state index contributed by atoms with van der Waals surface area (Å²) in [7, 11) is 0. The van der Waals surface area contributed by atoms with E-state index in [2.05, 4.69) is 67.6 Å². The summed E-state index contributed by atoms with van der Waals surface area (Å²) in [5.41, 5.74) is 8.23. The van der Waals surface area contributed by atoms with Crippen molar-refractivity contribution in [2.24, 2.45) is 0 Å². The molecule has 1 saturated carbocycles. The molecular weight excluding hydrogens is 462 g/mol. The van der Waals surface area contributed by atoms with Gasteiger partial charge < -0.3 is 24.8 Å². The van der Waals surface area contributed by atoms with Crippen LogP contribution in [0.15, 0.2) is 54.6 Å². The quantitative estimate of drug-likeness (QED) is 0.432. The van der Waals surface area contributed by atoms with E-state index in [1.165, 1.54) is 65.5 Å².